The highest BCUT2D eigenvalue weighted by Crippen LogP contribution is 2.36. The van der Waals surface area contributed by atoms with Gasteiger partial charge in [-0.15, -0.1) is 0 Å². The van der Waals surface area contributed by atoms with Crippen LogP contribution in [0.1, 0.15) is 81.3 Å². The van der Waals surface area contributed by atoms with Gasteiger partial charge in [0.1, 0.15) is 10.6 Å². The highest BCUT2D eigenvalue weighted by molar-refractivity contribution is 7.99. The van der Waals surface area contributed by atoms with E-state index < -0.39 is 23.7 Å². The third-order valence-electron chi connectivity index (χ3n) is 7.84. The molecule has 12 nitrogen and oxygen atoms in total. The molecule has 13 heteroatoms. The van der Waals surface area contributed by atoms with Crippen LogP contribution in [0.5, 0.6) is 0 Å². The molecule has 0 fully saturated rings. The molecule has 0 aliphatic heterocycles. The van der Waals surface area contributed by atoms with Crippen LogP contribution in [0.15, 0.2) is 70.7 Å². The Labute approximate surface area is 305 Å². The standard InChI is InChI=1S/C38H52N6O6S/c1-26(11-6-7-20-39)44-34(46)32(14-10-22-42-37(48)50-38(2,3)4)43-23-29-12-9-21-41-35(29)51-33-15-8-13-30(31(33)24-40-25-45)27-16-18-28(19-17-27)36(47)49-5/h8-9,12-13,15-19,21,25-26,32,43H,6-7,10-11,14,20,22-24,39H2,1-5H3,(H,40,45)(H,42,48)(H,44,46). The summed E-state index contributed by atoms with van der Waals surface area (Å²) >= 11 is 1.47. The van der Waals surface area contributed by atoms with Gasteiger partial charge in [-0.3, -0.25) is 9.59 Å². The van der Waals surface area contributed by atoms with Gasteiger partial charge < -0.3 is 36.5 Å². The number of amides is 3. The summed E-state index contributed by atoms with van der Waals surface area (Å²) in [5, 5.41) is 12.9. The number of carbonyl (C=O) groups is 4. The van der Waals surface area contributed by atoms with Crippen molar-refractivity contribution in [1.29, 1.82) is 0 Å². The molecule has 3 amide bonds. The first-order valence-corrected chi connectivity index (χ1v) is 18.1. The van der Waals surface area contributed by atoms with E-state index in [4.69, 9.17) is 15.2 Å². The lowest BCUT2D eigenvalue weighted by Crippen LogP contribution is -2.47. The third-order valence-corrected chi connectivity index (χ3v) is 9.01. The lowest BCUT2D eigenvalue weighted by Gasteiger charge is -2.23. The van der Waals surface area contributed by atoms with E-state index in [-0.39, 0.29) is 18.5 Å². The average Bonchev–Trinajstić information content (AvgIpc) is 3.10. The van der Waals surface area contributed by atoms with E-state index in [2.05, 4.69) is 26.3 Å². The molecule has 2 aromatic carbocycles. The van der Waals surface area contributed by atoms with Gasteiger partial charge in [-0.1, -0.05) is 48.5 Å². The molecule has 2 atom stereocenters. The van der Waals surface area contributed by atoms with Gasteiger partial charge in [-0.05, 0) is 106 Å². The Morgan fingerprint density at radius 3 is 2.43 bits per heavy atom. The summed E-state index contributed by atoms with van der Waals surface area (Å²) in [6.07, 6.45) is 5.59. The van der Waals surface area contributed by atoms with Gasteiger partial charge >= 0.3 is 12.1 Å². The van der Waals surface area contributed by atoms with Crippen LogP contribution in [0.2, 0.25) is 0 Å². The van der Waals surface area contributed by atoms with Gasteiger partial charge in [0.25, 0.3) is 0 Å². The van der Waals surface area contributed by atoms with Gasteiger partial charge in [0.15, 0.2) is 0 Å². The van der Waals surface area contributed by atoms with Gasteiger partial charge in [-0.2, -0.15) is 0 Å². The Bertz CT molecular complexity index is 1580. The van der Waals surface area contributed by atoms with E-state index in [1.54, 1.807) is 18.3 Å². The van der Waals surface area contributed by atoms with Crippen molar-refractivity contribution in [2.45, 2.75) is 100 Å². The minimum Gasteiger partial charge on any atom is -0.465 e. The second-order valence-corrected chi connectivity index (χ2v) is 14.1. The quantitative estimate of drug-likeness (QED) is 0.0584. The molecule has 0 spiro atoms. The molecule has 3 aromatic rings. The number of alkyl carbamates (subject to hydrolysis) is 1. The van der Waals surface area contributed by atoms with Crippen molar-refractivity contribution in [1.82, 2.24) is 26.3 Å². The van der Waals surface area contributed by atoms with Crippen LogP contribution in [0.3, 0.4) is 0 Å². The molecular weight excluding hydrogens is 669 g/mol. The minimum atomic E-state index is -0.599. The van der Waals surface area contributed by atoms with Gasteiger partial charge in [0, 0.05) is 36.8 Å². The van der Waals surface area contributed by atoms with Crippen molar-refractivity contribution in [3.8, 4) is 11.1 Å². The van der Waals surface area contributed by atoms with Gasteiger partial charge in [0.05, 0.1) is 18.7 Å². The predicted octanol–water partition coefficient (Wildman–Crippen LogP) is 5.33. The van der Waals surface area contributed by atoms with E-state index in [1.165, 1.54) is 18.9 Å². The number of carbonyl (C=O) groups excluding carboxylic acids is 4. The van der Waals surface area contributed by atoms with E-state index in [1.807, 2.05) is 70.2 Å². The number of nitrogens with zero attached hydrogens (tertiary/aromatic N) is 1. The summed E-state index contributed by atoms with van der Waals surface area (Å²) in [6.45, 7) is 9.04. The van der Waals surface area contributed by atoms with Crippen molar-refractivity contribution >= 4 is 36.1 Å². The zero-order valence-electron chi connectivity index (χ0n) is 30.3. The molecule has 0 bridgehead atoms. The first kappa shape index (κ1) is 41.0. The Morgan fingerprint density at radius 2 is 1.75 bits per heavy atom. The smallest absolute Gasteiger partial charge is 0.407 e. The fourth-order valence-corrected chi connectivity index (χ4v) is 6.34. The number of benzene rings is 2. The van der Waals surface area contributed by atoms with Crippen LogP contribution in [0, 0.1) is 0 Å². The van der Waals surface area contributed by atoms with Crippen molar-refractivity contribution in [3.63, 3.8) is 0 Å². The van der Waals surface area contributed by atoms with Crippen molar-refractivity contribution in [2.75, 3.05) is 20.2 Å². The van der Waals surface area contributed by atoms with Crippen LogP contribution >= 0.6 is 11.8 Å². The molecule has 1 aromatic heterocycles. The largest absolute Gasteiger partial charge is 0.465 e. The number of hydrogen-bond acceptors (Lipinski definition) is 10. The molecule has 1 heterocycles. The molecule has 51 heavy (non-hydrogen) atoms. The van der Waals surface area contributed by atoms with E-state index >= 15 is 0 Å². The van der Waals surface area contributed by atoms with Crippen molar-refractivity contribution in [2.24, 2.45) is 5.73 Å². The van der Waals surface area contributed by atoms with E-state index in [0.717, 1.165) is 51.4 Å². The number of nitrogens with one attached hydrogen (secondary N) is 4. The Morgan fingerprint density at radius 1 is 0.980 bits per heavy atom. The number of ether oxygens (including phenoxy) is 2. The van der Waals surface area contributed by atoms with Crippen molar-refractivity contribution < 1.29 is 28.7 Å². The molecular formula is C38H52N6O6S. The number of hydrogen-bond donors (Lipinski definition) is 5. The Balaban J connectivity index is 1.80. The lowest BCUT2D eigenvalue weighted by molar-refractivity contribution is -0.124. The summed E-state index contributed by atoms with van der Waals surface area (Å²) in [5.41, 5.74) is 9.06. The van der Waals surface area contributed by atoms with Crippen LogP contribution < -0.4 is 27.0 Å². The molecule has 6 N–H and O–H groups in total. The maximum absolute atomic E-state index is 13.5. The van der Waals surface area contributed by atoms with Crippen LogP contribution in [-0.4, -0.2) is 67.2 Å². The monoisotopic (exact) mass is 720 g/mol. The molecule has 276 valence electrons. The second kappa shape index (κ2) is 21.0. The fraction of sp³-hybridized carbons (Fsp3) is 0.447. The zero-order valence-corrected chi connectivity index (χ0v) is 31.1. The molecule has 3 rings (SSSR count). The summed E-state index contributed by atoms with van der Waals surface area (Å²) in [4.78, 5) is 54.6. The second-order valence-electron chi connectivity index (χ2n) is 13.1. The number of aromatic nitrogens is 1. The SMILES string of the molecule is COC(=O)c1ccc(-c2cccc(Sc3ncccc3CNC(CCCNC(=O)OC(C)(C)C)C(=O)NC(C)CCCCN)c2CNC=O)cc1. The lowest BCUT2D eigenvalue weighted by atomic mass is 9.98. The van der Waals surface area contributed by atoms with Crippen LogP contribution in [-0.2, 0) is 32.2 Å². The first-order valence-electron chi connectivity index (χ1n) is 17.3. The minimum absolute atomic E-state index is 0.0138. The number of unbranched alkanes of at least 4 members (excludes halogenated alkanes) is 1. The average molecular weight is 721 g/mol. The number of methoxy groups -OCH3 is 1. The summed E-state index contributed by atoms with van der Waals surface area (Å²) in [6, 6.07) is 16.3. The van der Waals surface area contributed by atoms with E-state index in [9.17, 15) is 19.2 Å². The Kier molecular flexibility index (Phi) is 16.9. The first-order chi connectivity index (χ1) is 24.4. The van der Waals surface area contributed by atoms with Crippen LogP contribution in [0.4, 0.5) is 4.79 Å². The molecule has 0 radical (unpaired) electrons. The number of nitrogens with two attached hydrogens (primary N) is 1. The fourth-order valence-electron chi connectivity index (χ4n) is 5.30. The molecule has 0 aliphatic rings. The summed E-state index contributed by atoms with van der Waals surface area (Å²) < 4.78 is 10.2. The predicted molar refractivity (Wildman–Crippen MR) is 199 cm³/mol. The topological polar surface area (TPSA) is 174 Å². The van der Waals surface area contributed by atoms with Crippen LogP contribution in [0.25, 0.3) is 11.1 Å². The summed E-state index contributed by atoms with van der Waals surface area (Å²) in [7, 11) is 1.34. The maximum atomic E-state index is 13.5. The highest BCUT2D eigenvalue weighted by atomic mass is 32.2. The van der Waals surface area contributed by atoms with Gasteiger partial charge in [-0.25, -0.2) is 14.6 Å². The molecule has 2 unspecified atom stereocenters. The number of pyridine rings is 1. The normalized spacial score (nSPS) is 12.4. The molecule has 0 saturated carbocycles. The number of esters is 1. The molecule has 0 aliphatic carbocycles. The van der Waals surface area contributed by atoms with Crippen molar-refractivity contribution in [3.05, 3.63) is 77.5 Å². The maximum Gasteiger partial charge on any atom is 0.407 e. The highest BCUT2D eigenvalue weighted by Gasteiger charge is 2.22. The third kappa shape index (κ3) is 14.0. The summed E-state index contributed by atoms with van der Waals surface area (Å²) in [5.74, 6) is -0.530. The molecule has 0 saturated heterocycles. The van der Waals surface area contributed by atoms with E-state index in [0.29, 0.717) is 44.4 Å². The zero-order chi connectivity index (χ0) is 37.2. The Hall–Kier alpha value is -4.46. The number of rotatable bonds is 20. The van der Waals surface area contributed by atoms with Gasteiger partial charge in [0.2, 0.25) is 12.3 Å².